The highest BCUT2D eigenvalue weighted by atomic mass is 16.7. The second kappa shape index (κ2) is 7.50. The molecule has 3 aliphatic rings. The van der Waals surface area contributed by atoms with E-state index in [1.165, 1.54) is 0 Å². The molecule has 3 saturated heterocycles. The molecule has 4 rings (SSSR count). The van der Waals surface area contributed by atoms with Crippen LogP contribution in [0, 0.1) is 0 Å². The summed E-state index contributed by atoms with van der Waals surface area (Å²) >= 11 is 0. The Hall–Kier alpha value is -1.70. The van der Waals surface area contributed by atoms with E-state index in [1.54, 1.807) is 6.20 Å². The molecule has 0 atom stereocenters. The van der Waals surface area contributed by atoms with E-state index in [1.807, 2.05) is 17.0 Å². The number of pyridine rings is 1. The Morgan fingerprint density at radius 3 is 2.35 bits per heavy atom. The highest BCUT2D eigenvalue weighted by Gasteiger charge is 2.40. The van der Waals surface area contributed by atoms with Gasteiger partial charge in [-0.05, 0) is 18.7 Å². The fourth-order valence-corrected chi connectivity index (χ4v) is 4.01. The van der Waals surface area contributed by atoms with Crippen LogP contribution in [0.2, 0.25) is 0 Å². The summed E-state index contributed by atoms with van der Waals surface area (Å²) in [5, 5.41) is 0. The first-order chi connectivity index (χ1) is 12.7. The van der Waals surface area contributed by atoms with E-state index < -0.39 is 5.79 Å². The lowest BCUT2D eigenvalue weighted by atomic mass is 10.0. The number of anilines is 1. The summed E-state index contributed by atoms with van der Waals surface area (Å²) in [5.41, 5.74) is 0.658. The topological polar surface area (TPSA) is 58.1 Å². The van der Waals surface area contributed by atoms with Crippen molar-refractivity contribution in [2.75, 3.05) is 63.9 Å². The molecule has 3 fully saturated rings. The van der Waals surface area contributed by atoms with Gasteiger partial charge in [0.05, 0.1) is 18.8 Å². The fourth-order valence-electron chi connectivity index (χ4n) is 4.01. The molecule has 0 aliphatic carbocycles. The summed E-state index contributed by atoms with van der Waals surface area (Å²) in [5.74, 6) is 0.565. The molecule has 1 spiro atoms. The summed E-state index contributed by atoms with van der Waals surface area (Å²) in [6, 6.07) is 3.88. The molecule has 0 bridgehead atoms. The molecule has 3 aliphatic heterocycles. The Labute approximate surface area is 154 Å². The number of amides is 1. The van der Waals surface area contributed by atoms with Gasteiger partial charge in [-0.25, -0.2) is 4.98 Å². The van der Waals surface area contributed by atoms with Crippen LogP contribution in [0.4, 0.5) is 5.82 Å². The van der Waals surface area contributed by atoms with Crippen LogP contribution in [0.25, 0.3) is 0 Å². The number of ether oxygens (including phenoxy) is 2. The number of likely N-dealkylation sites (N-methyl/N-ethyl adjacent to an activating group) is 1. The highest BCUT2D eigenvalue weighted by Crippen LogP contribution is 2.31. The van der Waals surface area contributed by atoms with Crippen molar-refractivity contribution in [2.45, 2.75) is 25.6 Å². The molecule has 7 nitrogen and oxygen atoms in total. The molecule has 26 heavy (non-hydrogen) atoms. The van der Waals surface area contributed by atoms with Gasteiger partial charge < -0.3 is 24.2 Å². The summed E-state index contributed by atoms with van der Waals surface area (Å²) in [4.78, 5) is 23.9. The van der Waals surface area contributed by atoms with Crippen LogP contribution in [0.5, 0.6) is 0 Å². The van der Waals surface area contributed by atoms with Gasteiger partial charge in [0.1, 0.15) is 5.82 Å². The summed E-state index contributed by atoms with van der Waals surface area (Å²) < 4.78 is 11.5. The maximum absolute atomic E-state index is 12.8. The minimum absolute atomic E-state index is 0.0488. The predicted octanol–water partition coefficient (Wildman–Crippen LogP) is 1.20. The fraction of sp³-hybridized carbons (Fsp3) is 0.684. The van der Waals surface area contributed by atoms with Crippen LogP contribution in [0.3, 0.4) is 0 Å². The molecule has 0 radical (unpaired) electrons. The summed E-state index contributed by atoms with van der Waals surface area (Å²) in [6.45, 7) is 10.1. The number of piperazine rings is 1. The lowest BCUT2D eigenvalue weighted by molar-refractivity contribution is -0.181. The number of rotatable bonds is 3. The number of carbonyl (C=O) groups is 1. The Bertz CT molecular complexity index is 612. The van der Waals surface area contributed by atoms with Crippen molar-refractivity contribution < 1.29 is 14.3 Å². The van der Waals surface area contributed by atoms with Crippen LogP contribution in [-0.4, -0.2) is 85.5 Å². The third kappa shape index (κ3) is 3.56. The van der Waals surface area contributed by atoms with Gasteiger partial charge in [0, 0.05) is 58.3 Å². The molecule has 1 amide bonds. The number of nitrogens with zero attached hydrogens (tertiary/aromatic N) is 4. The third-order valence-electron chi connectivity index (χ3n) is 5.76. The van der Waals surface area contributed by atoms with Crippen LogP contribution in [-0.2, 0) is 9.47 Å². The maximum atomic E-state index is 12.8. The van der Waals surface area contributed by atoms with E-state index in [-0.39, 0.29) is 5.91 Å². The molecule has 1 aromatic rings. The average molecular weight is 360 g/mol. The SMILES string of the molecule is CCN1CCN(c2ccc(C(=O)N3CCC4(CC3)OCCO4)cn2)CC1. The lowest BCUT2D eigenvalue weighted by Crippen LogP contribution is -2.47. The maximum Gasteiger partial charge on any atom is 0.255 e. The van der Waals surface area contributed by atoms with E-state index >= 15 is 0 Å². The lowest BCUT2D eigenvalue weighted by Gasteiger charge is -2.37. The van der Waals surface area contributed by atoms with Crippen molar-refractivity contribution in [3.63, 3.8) is 0 Å². The van der Waals surface area contributed by atoms with Crippen molar-refractivity contribution in [3.05, 3.63) is 23.9 Å². The first kappa shape index (κ1) is 17.7. The Kier molecular flexibility index (Phi) is 5.11. The Morgan fingerprint density at radius 1 is 1.08 bits per heavy atom. The Balaban J connectivity index is 1.34. The van der Waals surface area contributed by atoms with Gasteiger partial charge in [0.2, 0.25) is 0 Å². The van der Waals surface area contributed by atoms with Crippen LogP contribution in [0.15, 0.2) is 18.3 Å². The van der Waals surface area contributed by atoms with E-state index in [0.29, 0.717) is 31.9 Å². The highest BCUT2D eigenvalue weighted by molar-refractivity contribution is 5.94. The van der Waals surface area contributed by atoms with E-state index in [2.05, 4.69) is 21.7 Å². The zero-order valence-electron chi connectivity index (χ0n) is 15.5. The smallest absolute Gasteiger partial charge is 0.255 e. The molecule has 7 heteroatoms. The van der Waals surface area contributed by atoms with Gasteiger partial charge in [-0.15, -0.1) is 0 Å². The molecule has 0 aromatic carbocycles. The minimum Gasteiger partial charge on any atom is -0.354 e. The normalized spacial score (nSPS) is 23.6. The molecule has 0 N–H and O–H groups in total. The zero-order valence-corrected chi connectivity index (χ0v) is 15.5. The van der Waals surface area contributed by atoms with Gasteiger partial charge in [0.25, 0.3) is 5.91 Å². The summed E-state index contributed by atoms with van der Waals surface area (Å²) in [6.07, 6.45) is 3.20. The number of aromatic nitrogens is 1. The van der Waals surface area contributed by atoms with Gasteiger partial charge in [-0.3, -0.25) is 4.79 Å². The first-order valence-corrected chi connectivity index (χ1v) is 9.70. The Morgan fingerprint density at radius 2 is 1.77 bits per heavy atom. The zero-order chi connectivity index (χ0) is 18.0. The largest absolute Gasteiger partial charge is 0.354 e. The van der Waals surface area contributed by atoms with Crippen molar-refractivity contribution in [3.8, 4) is 0 Å². The predicted molar refractivity (Wildman–Crippen MR) is 98.3 cm³/mol. The number of hydrogen-bond donors (Lipinski definition) is 0. The number of likely N-dealkylation sites (tertiary alicyclic amines) is 1. The average Bonchev–Trinajstić information content (AvgIpc) is 3.16. The second-order valence-corrected chi connectivity index (χ2v) is 7.23. The van der Waals surface area contributed by atoms with E-state index in [0.717, 1.165) is 51.4 Å². The van der Waals surface area contributed by atoms with Gasteiger partial charge >= 0.3 is 0 Å². The van der Waals surface area contributed by atoms with E-state index in [9.17, 15) is 4.79 Å². The molecular weight excluding hydrogens is 332 g/mol. The minimum atomic E-state index is -0.445. The molecular formula is C19H28N4O3. The molecule has 142 valence electrons. The molecule has 0 saturated carbocycles. The third-order valence-corrected chi connectivity index (χ3v) is 5.76. The molecule has 4 heterocycles. The molecule has 1 aromatic heterocycles. The van der Waals surface area contributed by atoms with Crippen LogP contribution in [0.1, 0.15) is 30.1 Å². The monoisotopic (exact) mass is 360 g/mol. The van der Waals surface area contributed by atoms with Crippen molar-refractivity contribution in [1.29, 1.82) is 0 Å². The van der Waals surface area contributed by atoms with Crippen LogP contribution < -0.4 is 4.90 Å². The van der Waals surface area contributed by atoms with Gasteiger partial charge in [-0.1, -0.05) is 6.92 Å². The molecule has 0 unspecified atom stereocenters. The second-order valence-electron chi connectivity index (χ2n) is 7.23. The summed E-state index contributed by atoms with van der Waals surface area (Å²) in [7, 11) is 0. The van der Waals surface area contributed by atoms with E-state index in [4.69, 9.17) is 9.47 Å². The number of piperidine rings is 1. The number of carbonyl (C=O) groups excluding carboxylic acids is 1. The van der Waals surface area contributed by atoms with Gasteiger partial charge in [0.15, 0.2) is 5.79 Å². The van der Waals surface area contributed by atoms with Crippen molar-refractivity contribution >= 4 is 11.7 Å². The van der Waals surface area contributed by atoms with Crippen molar-refractivity contribution in [1.82, 2.24) is 14.8 Å². The standard InChI is InChI=1S/C19H28N4O3/c1-2-21-9-11-22(12-10-21)17-4-3-16(15-20-17)18(24)23-7-5-19(6-8-23)25-13-14-26-19/h3-4,15H,2,5-14H2,1H3. The van der Waals surface area contributed by atoms with Crippen molar-refractivity contribution in [2.24, 2.45) is 0 Å². The first-order valence-electron chi connectivity index (χ1n) is 9.70. The number of hydrogen-bond acceptors (Lipinski definition) is 6. The quantitative estimate of drug-likeness (QED) is 0.807. The van der Waals surface area contributed by atoms with Gasteiger partial charge in [-0.2, -0.15) is 0 Å². The van der Waals surface area contributed by atoms with Crippen LogP contribution >= 0.6 is 0 Å².